The van der Waals surface area contributed by atoms with E-state index in [4.69, 9.17) is 0 Å². The number of nitrogens with one attached hydrogen (secondary N) is 2. The van der Waals surface area contributed by atoms with E-state index in [9.17, 15) is 4.79 Å². The van der Waals surface area contributed by atoms with Crippen molar-refractivity contribution in [2.45, 2.75) is 26.3 Å². The molecular weight excluding hydrogens is 286 g/mol. The number of hydrogen-bond donors (Lipinski definition) is 2. The first kappa shape index (κ1) is 14.6. The number of nitrogens with zero attached hydrogens (tertiary/aromatic N) is 1. The van der Waals surface area contributed by atoms with Crippen LogP contribution in [0.25, 0.3) is 10.8 Å². The molecule has 1 saturated carbocycles. The number of pyridine rings is 1. The highest BCUT2D eigenvalue weighted by molar-refractivity contribution is 5.90. The molecule has 1 saturated heterocycles. The highest BCUT2D eigenvalue weighted by Gasteiger charge is 2.57. The Hall–Kier alpha value is -1.94. The summed E-state index contributed by atoms with van der Waals surface area (Å²) in [5.74, 6) is 1.50. The number of benzene rings is 1. The van der Waals surface area contributed by atoms with Crippen molar-refractivity contribution in [3.63, 3.8) is 0 Å². The summed E-state index contributed by atoms with van der Waals surface area (Å²) < 4.78 is 0. The van der Waals surface area contributed by atoms with Crippen molar-refractivity contribution >= 4 is 16.7 Å². The predicted octanol–water partition coefficient (Wildman–Crippen LogP) is 2.36. The van der Waals surface area contributed by atoms with Gasteiger partial charge in [0.05, 0.1) is 5.54 Å². The minimum atomic E-state index is -0.394. The Kier molecular flexibility index (Phi) is 3.20. The molecule has 0 spiro atoms. The summed E-state index contributed by atoms with van der Waals surface area (Å²) >= 11 is 0. The summed E-state index contributed by atoms with van der Waals surface area (Å²) in [5, 5.41) is 8.95. The second-order valence-corrected chi connectivity index (χ2v) is 7.48. The zero-order chi connectivity index (χ0) is 16.2. The zero-order valence-electron chi connectivity index (χ0n) is 13.9. The third kappa shape index (κ3) is 2.32. The summed E-state index contributed by atoms with van der Waals surface area (Å²) in [6.07, 6.45) is 3.73. The molecule has 2 heterocycles. The number of aromatic nitrogens is 1. The molecule has 1 aliphatic heterocycles. The quantitative estimate of drug-likeness (QED) is 0.915. The maximum Gasteiger partial charge on any atom is 0.224 e. The Morgan fingerprint density at radius 2 is 1.96 bits per heavy atom. The van der Waals surface area contributed by atoms with E-state index in [0.29, 0.717) is 11.8 Å². The van der Waals surface area contributed by atoms with Gasteiger partial charge >= 0.3 is 0 Å². The number of carbonyl (C=O) groups is 1. The molecule has 3 atom stereocenters. The fraction of sp³-hybridized carbons (Fsp3) is 0.474. The Balaban J connectivity index is 1.64. The number of fused-ring (bicyclic) bond motifs is 2. The molecule has 1 amide bonds. The molecule has 2 aliphatic rings. The van der Waals surface area contributed by atoms with Crippen molar-refractivity contribution in [3.8, 4) is 0 Å². The van der Waals surface area contributed by atoms with E-state index in [2.05, 4.69) is 48.5 Å². The summed E-state index contributed by atoms with van der Waals surface area (Å²) in [6.45, 7) is 8.25. The molecule has 0 bridgehead atoms. The third-order valence-electron chi connectivity index (χ3n) is 5.54. The van der Waals surface area contributed by atoms with Gasteiger partial charge in [-0.3, -0.25) is 9.78 Å². The van der Waals surface area contributed by atoms with E-state index in [-0.39, 0.29) is 11.8 Å². The van der Waals surface area contributed by atoms with E-state index in [1.54, 1.807) is 0 Å². The standard InChI is InChI=1S/C19H23N3O/c1-11-4-5-16(12-6-7-20-8-13(11)12)19(2,3)22-18(23)17-14-9-21-10-15(14)17/h4-8,14-15,17,21H,9-10H2,1-3H3,(H,22,23)/t14-,15+,17?. The molecular formula is C19H23N3O. The van der Waals surface area contributed by atoms with Crippen molar-refractivity contribution in [3.05, 3.63) is 41.7 Å². The Morgan fingerprint density at radius 1 is 1.22 bits per heavy atom. The van der Waals surface area contributed by atoms with Gasteiger partial charge in [0.2, 0.25) is 5.91 Å². The van der Waals surface area contributed by atoms with E-state index in [1.165, 1.54) is 10.9 Å². The van der Waals surface area contributed by atoms with Crippen LogP contribution in [0.5, 0.6) is 0 Å². The van der Waals surface area contributed by atoms with Crippen LogP contribution in [0.2, 0.25) is 0 Å². The van der Waals surface area contributed by atoms with Gasteiger partial charge in [-0.25, -0.2) is 0 Å². The van der Waals surface area contributed by atoms with Crippen LogP contribution >= 0.6 is 0 Å². The SMILES string of the molecule is Cc1ccc(C(C)(C)NC(=O)C2[C@H]3CNC[C@@H]23)c2ccncc12. The van der Waals surface area contributed by atoms with E-state index in [0.717, 1.165) is 24.0 Å². The van der Waals surface area contributed by atoms with Crippen LogP contribution < -0.4 is 10.6 Å². The van der Waals surface area contributed by atoms with Gasteiger partial charge in [0.25, 0.3) is 0 Å². The van der Waals surface area contributed by atoms with Crippen LogP contribution in [-0.4, -0.2) is 24.0 Å². The first-order chi connectivity index (χ1) is 11.0. The molecule has 120 valence electrons. The van der Waals surface area contributed by atoms with Gasteiger partial charge in [-0.15, -0.1) is 0 Å². The monoisotopic (exact) mass is 309 g/mol. The Morgan fingerprint density at radius 3 is 2.70 bits per heavy atom. The van der Waals surface area contributed by atoms with Crippen molar-refractivity contribution < 1.29 is 4.79 Å². The largest absolute Gasteiger partial charge is 0.347 e. The third-order valence-corrected chi connectivity index (χ3v) is 5.54. The first-order valence-electron chi connectivity index (χ1n) is 8.35. The van der Waals surface area contributed by atoms with Gasteiger partial charge in [0, 0.05) is 23.7 Å². The number of amides is 1. The predicted molar refractivity (Wildman–Crippen MR) is 91.0 cm³/mol. The lowest BCUT2D eigenvalue weighted by atomic mass is 9.88. The second-order valence-electron chi connectivity index (χ2n) is 7.48. The van der Waals surface area contributed by atoms with Gasteiger partial charge in [0.1, 0.15) is 0 Å². The maximum absolute atomic E-state index is 12.7. The van der Waals surface area contributed by atoms with Crippen LogP contribution in [0.1, 0.15) is 25.0 Å². The lowest BCUT2D eigenvalue weighted by molar-refractivity contribution is -0.124. The molecule has 1 aromatic carbocycles. The fourth-order valence-corrected chi connectivity index (χ4v) is 4.14. The fourth-order valence-electron chi connectivity index (χ4n) is 4.14. The van der Waals surface area contributed by atoms with Gasteiger partial charge < -0.3 is 10.6 Å². The summed E-state index contributed by atoms with van der Waals surface area (Å²) in [7, 11) is 0. The summed E-state index contributed by atoms with van der Waals surface area (Å²) in [5.41, 5.74) is 1.97. The topological polar surface area (TPSA) is 54.0 Å². The smallest absolute Gasteiger partial charge is 0.224 e. The molecule has 4 rings (SSSR count). The molecule has 4 nitrogen and oxygen atoms in total. The van der Waals surface area contributed by atoms with Crippen LogP contribution in [-0.2, 0) is 10.3 Å². The Labute approximate surface area is 136 Å². The molecule has 2 N–H and O–H groups in total. The van der Waals surface area contributed by atoms with Gasteiger partial charge in [-0.1, -0.05) is 12.1 Å². The highest BCUT2D eigenvalue weighted by Crippen LogP contribution is 2.49. The molecule has 1 aliphatic carbocycles. The molecule has 1 aromatic heterocycles. The first-order valence-corrected chi connectivity index (χ1v) is 8.35. The van der Waals surface area contributed by atoms with Crippen molar-refractivity contribution in [2.75, 3.05) is 13.1 Å². The normalized spacial score (nSPS) is 26.1. The summed E-state index contributed by atoms with van der Waals surface area (Å²) in [6, 6.07) is 6.29. The molecule has 0 radical (unpaired) electrons. The number of rotatable bonds is 3. The van der Waals surface area contributed by atoms with Gasteiger partial charge in [-0.05, 0) is 68.3 Å². The molecule has 1 unspecified atom stereocenters. The number of hydrogen-bond acceptors (Lipinski definition) is 3. The van der Waals surface area contributed by atoms with Crippen LogP contribution in [0, 0.1) is 24.7 Å². The molecule has 2 aromatic rings. The van der Waals surface area contributed by atoms with Crippen LogP contribution in [0.15, 0.2) is 30.6 Å². The number of aryl methyl sites for hydroxylation is 1. The second kappa shape index (κ2) is 5.03. The van der Waals surface area contributed by atoms with Crippen molar-refractivity contribution in [2.24, 2.45) is 17.8 Å². The van der Waals surface area contributed by atoms with Crippen molar-refractivity contribution in [1.29, 1.82) is 0 Å². The average Bonchev–Trinajstić information content (AvgIpc) is 3.01. The van der Waals surface area contributed by atoms with E-state index < -0.39 is 5.54 Å². The van der Waals surface area contributed by atoms with Crippen LogP contribution in [0.3, 0.4) is 0 Å². The Bertz CT molecular complexity index is 773. The van der Waals surface area contributed by atoms with E-state index >= 15 is 0 Å². The molecule has 4 heteroatoms. The van der Waals surface area contributed by atoms with Gasteiger partial charge in [-0.2, -0.15) is 0 Å². The van der Waals surface area contributed by atoms with Crippen LogP contribution in [0.4, 0.5) is 0 Å². The van der Waals surface area contributed by atoms with Crippen molar-refractivity contribution in [1.82, 2.24) is 15.6 Å². The number of carbonyl (C=O) groups excluding carboxylic acids is 1. The minimum absolute atomic E-state index is 0.203. The maximum atomic E-state index is 12.7. The zero-order valence-corrected chi connectivity index (χ0v) is 13.9. The summed E-state index contributed by atoms with van der Waals surface area (Å²) in [4.78, 5) is 16.9. The van der Waals surface area contributed by atoms with Gasteiger partial charge in [0.15, 0.2) is 0 Å². The number of piperidine rings is 1. The van der Waals surface area contributed by atoms with E-state index in [1.807, 2.05) is 18.5 Å². The minimum Gasteiger partial charge on any atom is -0.347 e. The highest BCUT2D eigenvalue weighted by atomic mass is 16.2. The molecule has 2 fully saturated rings. The molecule has 23 heavy (non-hydrogen) atoms. The average molecular weight is 309 g/mol. The lowest BCUT2D eigenvalue weighted by Gasteiger charge is -2.29. The lowest BCUT2D eigenvalue weighted by Crippen LogP contribution is -2.43.